The molecule has 21 heavy (non-hydrogen) atoms. The van der Waals surface area contributed by atoms with E-state index in [1.54, 1.807) is 0 Å². The average molecular weight is 305 g/mol. The van der Waals surface area contributed by atoms with Gasteiger partial charge in [-0.25, -0.2) is 0 Å². The predicted molar refractivity (Wildman–Crippen MR) is 93.1 cm³/mol. The predicted octanol–water partition coefficient (Wildman–Crippen LogP) is 4.66. The summed E-state index contributed by atoms with van der Waals surface area (Å²) in [6.07, 6.45) is 0.528. The van der Waals surface area contributed by atoms with Crippen LogP contribution in [0.2, 0.25) is 0 Å². The minimum atomic E-state index is -0.290. The Hall–Kier alpha value is -0.900. The summed E-state index contributed by atoms with van der Waals surface area (Å²) in [7, 11) is 0. The minimum Gasteiger partial charge on any atom is -0.392 e. The van der Waals surface area contributed by atoms with Gasteiger partial charge in [0.05, 0.1) is 6.10 Å². The number of fused-ring (bicyclic) bond motifs is 1. The molecular formula is C18H27NOS. The van der Waals surface area contributed by atoms with Crippen molar-refractivity contribution in [2.45, 2.75) is 53.2 Å². The molecule has 1 aromatic carbocycles. The van der Waals surface area contributed by atoms with Crippen molar-refractivity contribution in [3.8, 4) is 0 Å². The SMILES string of the molecule is Cc1c(C(C)NCC(O)CC(C)(C)C)sc2ccccc12. The molecule has 0 radical (unpaired) electrons. The largest absolute Gasteiger partial charge is 0.392 e. The highest BCUT2D eigenvalue weighted by Gasteiger charge is 2.19. The number of benzene rings is 1. The molecule has 0 spiro atoms. The quantitative estimate of drug-likeness (QED) is 0.842. The lowest BCUT2D eigenvalue weighted by atomic mass is 9.89. The van der Waals surface area contributed by atoms with Gasteiger partial charge in [-0.15, -0.1) is 11.3 Å². The number of aryl methyl sites for hydroxylation is 1. The summed E-state index contributed by atoms with van der Waals surface area (Å²) in [5, 5.41) is 15.0. The maximum atomic E-state index is 10.1. The molecule has 2 N–H and O–H groups in total. The van der Waals surface area contributed by atoms with Crippen molar-refractivity contribution in [2.75, 3.05) is 6.54 Å². The van der Waals surface area contributed by atoms with Gasteiger partial charge in [-0.1, -0.05) is 39.0 Å². The summed E-state index contributed by atoms with van der Waals surface area (Å²) >= 11 is 1.85. The lowest BCUT2D eigenvalue weighted by Crippen LogP contribution is -2.31. The smallest absolute Gasteiger partial charge is 0.0669 e. The summed E-state index contributed by atoms with van der Waals surface area (Å²) in [5.41, 5.74) is 1.53. The van der Waals surface area contributed by atoms with Gasteiger partial charge >= 0.3 is 0 Å². The minimum absolute atomic E-state index is 0.165. The van der Waals surface area contributed by atoms with Gasteiger partial charge < -0.3 is 10.4 Å². The molecule has 2 atom stereocenters. The Morgan fingerprint density at radius 3 is 2.52 bits per heavy atom. The van der Waals surface area contributed by atoms with Crippen LogP contribution in [0.25, 0.3) is 10.1 Å². The van der Waals surface area contributed by atoms with E-state index in [1.165, 1.54) is 20.5 Å². The van der Waals surface area contributed by atoms with Crippen molar-refractivity contribution >= 4 is 21.4 Å². The van der Waals surface area contributed by atoms with Gasteiger partial charge in [0.1, 0.15) is 0 Å². The molecule has 0 fully saturated rings. The normalized spacial score (nSPS) is 15.3. The Morgan fingerprint density at radius 1 is 1.24 bits per heavy atom. The van der Waals surface area contributed by atoms with Gasteiger partial charge in [0.2, 0.25) is 0 Å². The first-order chi connectivity index (χ1) is 9.78. The van der Waals surface area contributed by atoms with Gasteiger partial charge in [0, 0.05) is 22.2 Å². The summed E-state index contributed by atoms with van der Waals surface area (Å²) in [4.78, 5) is 1.37. The molecule has 2 unspecified atom stereocenters. The third kappa shape index (κ3) is 4.29. The van der Waals surface area contributed by atoms with E-state index in [0.29, 0.717) is 6.54 Å². The van der Waals surface area contributed by atoms with E-state index in [1.807, 2.05) is 11.3 Å². The zero-order chi connectivity index (χ0) is 15.6. The zero-order valence-electron chi connectivity index (χ0n) is 13.7. The Balaban J connectivity index is 2.02. The molecule has 116 valence electrons. The van der Waals surface area contributed by atoms with Crippen LogP contribution < -0.4 is 5.32 Å². The standard InChI is InChI=1S/C18H27NOS/c1-12-15-8-6-7-9-16(15)21-17(12)13(2)19-11-14(20)10-18(3,4)5/h6-9,13-14,19-20H,10-11H2,1-5H3. The summed E-state index contributed by atoms with van der Waals surface area (Å²) < 4.78 is 1.34. The molecule has 0 amide bonds. The Bertz CT molecular complexity index is 597. The van der Waals surface area contributed by atoms with E-state index in [-0.39, 0.29) is 17.6 Å². The first-order valence-electron chi connectivity index (χ1n) is 7.67. The fraction of sp³-hybridized carbons (Fsp3) is 0.556. The summed E-state index contributed by atoms with van der Waals surface area (Å²) in [6.45, 7) is 11.5. The second kappa shape index (κ2) is 6.47. The van der Waals surface area contributed by atoms with Crippen molar-refractivity contribution in [2.24, 2.45) is 5.41 Å². The van der Waals surface area contributed by atoms with Crippen LogP contribution >= 0.6 is 11.3 Å². The molecule has 0 bridgehead atoms. The molecule has 1 aromatic heterocycles. The van der Waals surface area contributed by atoms with E-state index in [0.717, 1.165) is 6.42 Å². The van der Waals surface area contributed by atoms with Gasteiger partial charge in [-0.05, 0) is 42.7 Å². The molecule has 3 heteroatoms. The van der Waals surface area contributed by atoms with Crippen LogP contribution in [0, 0.1) is 12.3 Å². The summed E-state index contributed by atoms with van der Waals surface area (Å²) in [5.74, 6) is 0. The molecule has 2 rings (SSSR count). The number of hydrogen-bond acceptors (Lipinski definition) is 3. The van der Waals surface area contributed by atoms with Crippen LogP contribution in [0.15, 0.2) is 24.3 Å². The fourth-order valence-electron chi connectivity index (χ4n) is 2.79. The molecule has 0 saturated heterocycles. The van der Waals surface area contributed by atoms with E-state index in [2.05, 4.69) is 64.2 Å². The van der Waals surface area contributed by atoms with Crippen molar-refractivity contribution < 1.29 is 5.11 Å². The first-order valence-corrected chi connectivity index (χ1v) is 8.49. The first kappa shape index (κ1) is 16.5. The number of hydrogen-bond donors (Lipinski definition) is 2. The van der Waals surface area contributed by atoms with Crippen LogP contribution in [0.1, 0.15) is 50.6 Å². The lowest BCUT2D eigenvalue weighted by molar-refractivity contribution is 0.117. The van der Waals surface area contributed by atoms with Crippen molar-refractivity contribution in [3.63, 3.8) is 0 Å². The number of thiophene rings is 1. The van der Waals surface area contributed by atoms with Crippen LogP contribution in [-0.4, -0.2) is 17.8 Å². The number of rotatable bonds is 5. The fourth-order valence-corrected chi connectivity index (χ4v) is 4.03. The molecule has 0 aliphatic heterocycles. The molecule has 2 nitrogen and oxygen atoms in total. The Kier molecular flexibility index (Phi) is 5.07. The van der Waals surface area contributed by atoms with Crippen molar-refractivity contribution in [3.05, 3.63) is 34.7 Å². The number of nitrogens with one attached hydrogen (secondary N) is 1. The summed E-state index contributed by atoms with van der Waals surface area (Å²) in [6, 6.07) is 8.82. The second-order valence-corrected chi connectivity index (χ2v) is 8.22. The highest BCUT2D eigenvalue weighted by Crippen LogP contribution is 2.34. The van der Waals surface area contributed by atoms with Gasteiger partial charge in [0.25, 0.3) is 0 Å². The van der Waals surface area contributed by atoms with Crippen LogP contribution in [-0.2, 0) is 0 Å². The second-order valence-electron chi connectivity index (χ2n) is 7.14. The number of aliphatic hydroxyl groups is 1. The van der Waals surface area contributed by atoms with E-state index >= 15 is 0 Å². The molecular weight excluding hydrogens is 278 g/mol. The van der Waals surface area contributed by atoms with Crippen molar-refractivity contribution in [1.29, 1.82) is 0 Å². The van der Waals surface area contributed by atoms with Gasteiger partial charge in [-0.2, -0.15) is 0 Å². The molecule has 2 aromatic rings. The van der Waals surface area contributed by atoms with Crippen molar-refractivity contribution in [1.82, 2.24) is 5.32 Å². The third-order valence-corrected chi connectivity index (χ3v) is 5.24. The average Bonchev–Trinajstić information content (AvgIpc) is 2.72. The van der Waals surface area contributed by atoms with Crippen LogP contribution in [0.4, 0.5) is 0 Å². The van der Waals surface area contributed by atoms with Crippen LogP contribution in [0.5, 0.6) is 0 Å². The zero-order valence-corrected chi connectivity index (χ0v) is 14.6. The van der Waals surface area contributed by atoms with E-state index < -0.39 is 0 Å². The lowest BCUT2D eigenvalue weighted by Gasteiger charge is -2.24. The van der Waals surface area contributed by atoms with Crippen LogP contribution in [0.3, 0.4) is 0 Å². The monoisotopic (exact) mass is 305 g/mol. The maximum absolute atomic E-state index is 10.1. The molecule has 0 aliphatic carbocycles. The molecule has 1 heterocycles. The van der Waals surface area contributed by atoms with Gasteiger partial charge in [0.15, 0.2) is 0 Å². The number of aliphatic hydroxyl groups excluding tert-OH is 1. The topological polar surface area (TPSA) is 32.3 Å². The maximum Gasteiger partial charge on any atom is 0.0669 e. The van der Waals surface area contributed by atoms with E-state index in [4.69, 9.17) is 0 Å². The Morgan fingerprint density at radius 2 is 1.90 bits per heavy atom. The molecule has 0 aliphatic rings. The highest BCUT2D eigenvalue weighted by molar-refractivity contribution is 7.19. The molecule has 0 saturated carbocycles. The Labute approximate surface area is 132 Å². The highest BCUT2D eigenvalue weighted by atomic mass is 32.1. The third-order valence-electron chi connectivity index (χ3n) is 3.78. The van der Waals surface area contributed by atoms with E-state index in [9.17, 15) is 5.11 Å². The van der Waals surface area contributed by atoms with Gasteiger partial charge in [-0.3, -0.25) is 0 Å².